The Hall–Kier alpha value is -1.99. The summed E-state index contributed by atoms with van der Waals surface area (Å²) < 4.78 is 29.4. The van der Waals surface area contributed by atoms with Gasteiger partial charge in [-0.15, -0.1) is 0 Å². The third-order valence-electron chi connectivity index (χ3n) is 3.32. The Bertz CT molecular complexity index is 691. The minimum absolute atomic E-state index is 0.0362. The fraction of sp³-hybridized carbons (Fsp3) is 0.286. The van der Waals surface area contributed by atoms with Gasteiger partial charge in [0.05, 0.1) is 12.0 Å². The number of carbonyl (C=O) groups is 2. The lowest BCUT2D eigenvalue weighted by Crippen LogP contribution is -2.48. The molecule has 2 unspecified atom stereocenters. The number of hydrogen-bond donors (Lipinski definition) is 1. The van der Waals surface area contributed by atoms with E-state index >= 15 is 0 Å². The summed E-state index contributed by atoms with van der Waals surface area (Å²) in [5, 5.41) is 8.64. The van der Waals surface area contributed by atoms with Crippen molar-refractivity contribution in [1.82, 2.24) is 0 Å². The molecule has 1 aromatic carbocycles. The van der Waals surface area contributed by atoms with Crippen LogP contribution in [0.3, 0.4) is 0 Å². The minimum Gasteiger partial charge on any atom is -0.467 e. The average Bonchev–Trinajstić information content (AvgIpc) is 2.49. The van der Waals surface area contributed by atoms with Crippen LogP contribution in [0.2, 0.25) is 0 Å². The van der Waals surface area contributed by atoms with Crippen molar-refractivity contribution in [3.63, 3.8) is 0 Å². The number of benzene rings is 1. The number of ketones is 1. The van der Waals surface area contributed by atoms with Crippen molar-refractivity contribution >= 4 is 21.6 Å². The van der Waals surface area contributed by atoms with Gasteiger partial charge in [0, 0.05) is 6.42 Å². The number of methoxy groups -OCH3 is 1. The molecule has 1 aliphatic rings. The Labute approximate surface area is 122 Å². The van der Waals surface area contributed by atoms with Crippen molar-refractivity contribution in [2.24, 2.45) is 0 Å². The molecule has 0 heterocycles. The summed E-state index contributed by atoms with van der Waals surface area (Å²) in [6.07, 6.45) is 1.32. The summed E-state index contributed by atoms with van der Waals surface area (Å²) in [6, 6.07) is 7.42. The van der Waals surface area contributed by atoms with Crippen LogP contribution in [0, 0.1) is 0 Å². The molecular formula is C14H14O6S. The highest BCUT2D eigenvalue weighted by Gasteiger charge is 2.47. The van der Waals surface area contributed by atoms with Crippen LogP contribution in [0.25, 0.3) is 0 Å². The SMILES string of the molecule is COC(=O)C1(O)C=CC(=O)C(S(=O)(=O)c2ccccc2)C1. The van der Waals surface area contributed by atoms with E-state index in [4.69, 9.17) is 0 Å². The molecule has 1 N–H and O–H groups in total. The molecule has 112 valence electrons. The van der Waals surface area contributed by atoms with Gasteiger partial charge < -0.3 is 9.84 Å². The molecule has 0 radical (unpaired) electrons. The van der Waals surface area contributed by atoms with E-state index in [9.17, 15) is 23.1 Å². The van der Waals surface area contributed by atoms with Gasteiger partial charge in [0.2, 0.25) is 0 Å². The Kier molecular flexibility index (Phi) is 3.97. The topological polar surface area (TPSA) is 97.7 Å². The lowest BCUT2D eigenvalue weighted by molar-refractivity contribution is -0.158. The van der Waals surface area contributed by atoms with Gasteiger partial charge in [-0.25, -0.2) is 13.2 Å². The number of sulfone groups is 1. The Balaban J connectivity index is 2.43. The first-order valence-electron chi connectivity index (χ1n) is 6.14. The van der Waals surface area contributed by atoms with E-state index in [1.165, 1.54) is 24.3 Å². The zero-order valence-corrected chi connectivity index (χ0v) is 12.0. The van der Waals surface area contributed by atoms with Crippen LogP contribution in [-0.4, -0.2) is 43.2 Å². The first-order valence-corrected chi connectivity index (χ1v) is 7.69. The van der Waals surface area contributed by atoms with E-state index in [0.29, 0.717) is 0 Å². The molecule has 1 aromatic rings. The number of aliphatic hydroxyl groups is 1. The van der Waals surface area contributed by atoms with Crippen LogP contribution < -0.4 is 0 Å². The quantitative estimate of drug-likeness (QED) is 0.804. The molecule has 7 heteroatoms. The van der Waals surface area contributed by atoms with Crippen molar-refractivity contribution in [3.8, 4) is 0 Å². The standard InChI is InChI=1S/C14H14O6S/c1-20-13(16)14(17)8-7-11(15)12(9-14)21(18,19)10-5-3-2-4-6-10/h2-8,12,17H,9H2,1H3. The van der Waals surface area contributed by atoms with Gasteiger partial charge in [-0.2, -0.15) is 0 Å². The Morgan fingerprint density at radius 3 is 2.52 bits per heavy atom. The van der Waals surface area contributed by atoms with Crippen LogP contribution in [0.5, 0.6) is 0 Å². The average molecular weight is 310 g/mol. The summed E-state index contributed by atoms with van der Waals surface area (Å²) in [4.78, 5) is 23.4. The number of ether oxygens (including phenoxy) is 1. The highest BCUT2D eigenvalue weighted by Crippen LogP contribution is 2.29. The number of allylic oxidation sites excluding steroid dienone is 1. The zero-order valence-electron chi connectivity index (χ0n) is 11.2. The van der Waals surface area contributed by atoms with Crippen molar-refractivity contribution in [1.29, 1.82) is 0 Å². The second-order valence-electron chi connectivity index (χ2n) is 4.70. The third-order valence-corrected chi connectivity index (χ3v) is 5.40. The molecule has 0 fully saturated rings. The van der Waals surface area contributed by atoms with Gasteiger partial charge in [-0.1, -0.05) is 18.2 Å². The monoisotopic (exact) mass is 310 g/mol. The summed E-state index contributed by atoms with van der Waals surface area (Å²) in [5.74, 6) is -1.67. The van der Waals surface area contributed by atoms with Crippen LogP contribution in [0.15, 0.2) is 47.4 Å². The molecule has 0 aromatic heterocycles. The van der Waals surface area contributed by atoms with Crippen molar-refractivity contribution < 1.29 is 27.9 Å². The Morgan fingerprint density at radius 1 is 1.33 bits per heavy atom. The maximum absolute atomic E-state index is 12.5. The van der Waals surface area contributed by atoms with Crippen molar-refractivity contribution in [3.05, 3.63) is 42.5 Å². The number of hydrogen-bond acceptors (Lipinski definition) is 6. The first kappa shape index (κ1) is 15.4. The van der Waals surface area contributed by atoms with E-state index in [1.807, 2.05) is 0 Å². The Morgan fingerprint density at radius 2 is 1.95 bits per heavy atom. The lowest BCUT2D eigenvalue weighted by atomic mass is 9.90. The maximum Gasteiger partial charge on any atom is 0.341 e. The van der Waals surface area contributed by atoms with Gasteiger partial charge in [-0.05, 0) is 24.3 Å². The van der Waals surface area contributed by atoms with Gasteiger partial charge in [0.15, 0.2) is 21.2 Å². The molecule has 0 spiro atoms. The fourth-order valence-electron chi connectivity index (χ4n) is 2.14. The van der Waals surface area contributed by atoms with Gasteiger partial charge in [0.1, 0.15) is 5.25 Å². The molecule has 2 rings (SSSR count). The van der Waals surface area contributed by atoms with Crippen LogP contribution in [0.4, 0.5) is 0 Å². The number of rotatable bonds is 3. The fourth-order valence-corrected chi connectivity index (χ4v) is 3.87. The predicted octanol–water partition coefficient (Wildman–Crippen LogP) is 0.262. The zero-order chi connectivity index (χ0) is 15.7. The lowest BCUT2D eigenvalue weighted by Gasteiger charge is -2.29. The summed E-state index contributed by atoms with van der Waals surface area (Å²) in [6.45, 7) is 0. The van der Waals surface area contributed by atoms with Crippen LogP contribution in [-0.2, 0) is 24.2 Å². The molecule has 1 aliphatic carbocycles. The molecule has 21 heavy (non-hydrogen) atoms. The molecular weight excluding hydrogens is 296 g/mol. The molecule has 0 aliphatic heterocycles. The predicted molar refractivity (Wildman–Crippen MR) is 73.1 cm³/mol. The van der Waals surface area contributed by atoms with E-state index in [-0.39, 0.29) is 4.90 Å². The van der Waals surface area contributed by atoms with Gasteiger partial charge in [0.25, 0.3) is 0 Å². The van der Waals surface area contributed by atoms with E-state index in [1.54, 1.807) is 6.07 Å². The van der Waals surface area contributed by atoms with E-state index in [2.05, 4.69) is 4.74 Å². The van der Waals surface area contributed by atoms with Gasteiger partial charge in [-0.3, -0.25) is 4.79 Å². The number of esters is 1. The van der Waals surface area contributed by atoms with Crippen LogP contribution >= 0.6 is 0 Å². The molecule has 0 amide bonds. The smallest absolute Gasteiger partial charge is 0.341 e. The summed E-state index contributed by atoms with van der Waals surface area (Å²) >= 11 is 0. The molecule has 0 saturated carbocycles. The third kappa shape index (κ3) is 2.74. The van der Waals surface area contributed by atoms with E-state index < -0.39 is 38.9 Å². The summed E-state index contributed by atoms with van der Waals surface area (Å²) in [5.41, 5.74) is -2.12. The van der Waals surface area contributed by atoms with Crippen LogP contribution in [0.1, 0.15) is 6.42 Å². The normalized spacial score (nSPS) is 25.6. The maximum atomic E-state index is 12.5. The molecule has 0 saturated heterocycles. The largest absolute Gasteiger partial charge is 0.467 e. The highest BCUT2D eigenvalue weighted by atomic mass is 32.2. The molecule has 0 bridgehead atoms. The number of carbonyl (C=O) groups excluding carboxylic acids is 2. The van der Waals surface area contributed by atoms with Crippen molar-refractivity contribution in [2.75, 3.05) is 7.11 Å². The first-order chi connectivity index (χ1) is 9.81. The molecule has 6 nitrogen and oxygen atoms in total. The van der Waals surface area contributed by atoms with Crippen molar-refractivity contribution in [2.45, 2.75) is 22.2 Å². The second kappa shape index (κ2) is 5.42. The summed E-state index contributed by atoms with van der Waals surface area (Å²) in [7, 11) is -2.92. The molecule has 2 atom stereocenters. The second-order valence-corrected chi connectivity index (χ2v) is 6.83. The van der Waals surface area contributed by atoms with E-state index in [0.717, 1.165) is 19.3 Å². The van der Waals surface area contributed by atoms with Gasteiger partial charge >= 0.3 is 5.97 Å². The minimum atomic E-state index is -3.99. The highest BCUT2D eigenvalue weighted by molar-refractivity contribution is 7.92.